The average molecular weight is 397 g/mol. The third-order valence-corrected chi connectivity index (χ3v) is 5.32. The third-order valence-electron chi connectivity index (χ3n) is 5.32. The van der Waals surface area contributed by atoms with Crippen LogP contribution in [0.15, 0.2) is 12.2 Å². The van der Waals surface area contributed by atoms with E-state index in [9.17, 15) is 4.79 Å². The van der Waals surface area contributed by atoms with Crippen molar-refractivity contribution in [1.29, 1.82) is 0 Å². The van der Waals surface area contributed by atoms with Gasteiger partial charge in [0.25, 0.3) is 0 Å². The van der Waals surface area contributed by atoms with Crippen LogP contribution in [0.2, 0.25) is 0 Å². The Bertz CT molecular complexity index is 290. The Hall–Kier alpha value is -0.790. The van der Waals surface area contributed by atoms with Gasteiger partial charge in [-0.3, -0.25) is 0 Å². The maximum Gasteiger partial charge on any atom is 0.330 e. The number of carbonyl (C=O) groups is 1. The minimum absolute atomic E-state index is 0.176. The Kier molecular flexibility index (Phi) is 27.5. The molecule has 1 N–H and O–H groups in total. The first-order valence-corrected chi connectivity index (χ1v) is 12.4. The Morgan fingerprint density at radius 2 is 0.679 bits per heavy atom. The van der Waals surface area contributed by atoms with Crippen LogP contribution in [-0.2, 0) is 4.79 Å². The van der Waals surface area contributed by atoms with E-state index in [-0.39, 0.29) is 5.57 Å². The van der Waals surface area contributed by atoms with E-state index in [0.717, 1.165) is 0 Å². The number of hydrogen-bond acceptors (Lipinski definition) is 1. The van der Waals surface area contributed by atoms with Crippen LogP contribution >= 0.6 is 0 Å². The predicted octanol–water partition coefficient (Wildman–Crippen LogP) is 9.48. The van der Waals surface area contributed by atoms with Crippen molar-refractivity contribution >= 4 is 5.97 Å². The topological polar surface area (TPSA) is 37.3 Å². The monoisotopic (exact) mass is 396 g/mol. The van der Waals surface area contributed by atoms with E-state index in [1.807, 2.05) is 0 Å². The van der Waals surface area contributed by atoms with E-state index in [1.54, 1.807) is 0 Å². The lowest BCUT2D eigenvalue weighted by molar-refractivity contribution is -0.132. The summed E-state index contributed by atoms with van der Waals surface area (Å²) < 4.78 is 0. The highest BCUT2D eigenvalue weighted by molar-refractivity contribution is 5.84. The molecule has 0 rings (SSSR count). The van der Waals surface area contributed by atoms with Gasteiger partial charge in [0.05, 0.1) is 0 Å². The van der Waals surface area contributed by atoms with Crippen LogP contribution < -0.4 is 0 Å². The summed E-state index contributed by atoms with van der Waals surface area (Å²) in [7, 11) is 0. The van der Waals surface area contributed by atoms with Gasteiger partial charge in [0.2, 0.25) is 0 Å². The number of unbranched alkanes of at least 4 members (excludes halogenated alkanes) is 19. The number of aliphatic carboxylic acids is 1. The number of carboxylic acids is 1. The van der Waals surface area contributed by atoms with E-state index >= 15 is 0 Å². The van der Waals surface area contributed by atoms with E-state index in [1.165, 1.54) is 135 Å². The van der Waals surface area contributed by atoms with E-state index < -0.39 is 5.97 Å². The van der Waals surface area contributed by atoms with Gasteiger partial charge in [0.1, 0.15) is 0 Å². The van der Waals surface area contributed by atoms with Gasteiger partial charge in [-0.2, -0.15) is 0 Å². The molecule has 0 saturated heterocycles. The van der Waals surface area contributed by atoms with Gasteiger partial charge in [-0.25, -0.2) is 4.79 Å². The maximum atomic E-state index is 9.60. The highest BCUT2D eigenvalue weighted by Crippen LogP contribution is 2.14. The fourth-order valence-electron chi connectivity index (χ4n) is 3.33. The van der Waals surface area contributed by atoms with Gasteiger partial charge in [0, 0.05) is 5.57 Å². The van der Waals surface area contributed by atoms with Crippen LogP contribution in [-0.4, -0.2) is 11.1 Å². The van der Waals surface area contributed by atoms with Crippen molar-refractivity contribution in [3.63, 3.8) is 0 Å². The molecule has 0 aliphatic rings. The molecular weight excluding hydrogens is 344 g/mol. The molecule has 0 aromatic rings. The second kappa shape index (κ2) is 26.2. The first kappa shape index (κ1) is 29.4. The quantitative estimate of drug-likeness (QED) is 0.164. The standard InChI is InChI=1S/C22H46.C4H6O2/c1-3-5-7-9-11-13-15-17-19-21-22-20-18-16-14-12-10-8-6-4-2;1-3(2)4(5)6/h3-22H2,1-2H3;1H2,2H3,(H,5,6). The van der Waals surface area contributed by atoms with Crippen molar-refractivity contribution < 1.29 is 9.90 Å². The molecule has 2 heteroatoms. The molecule has 0 amide bonds. The van der Waals surface area contributed by atoms with Gasteiger partial charge in [0.15, 0.2) is 0 Å². The van der Waals surface area contributed by atoms with Crippen molar-refractivity contribution in [3.05, 3.63) is 12.2 Å². The van der Waals surface area contributed by atoms with Crippen molar-refractivity contribution in [3.8, 4) is 0 Å². The predicted molar refractivity (Wildman–Crippen MR) is 126 cm³/mol. The molecule has 28 heavy (non-hydrogen) atoms. The van der Waals surface area contributed by atoms with E-state index in [0.29, 0.717) is 0 Å². The zero-order valence-corrected chi connectivity index (χ0v) is 19.7. The molecule has 168 valence electrons. The summed E-state index contributed by atoms with van der Waals surface area (Å²) in [6.45, 7) is 9.20. The molecule has 0 spiro atoms. The number of carboxylic acid groups (broad SMARTS) is 1. The molecule has 0 aromatic heterocycles. The fourth-order valence-corrected chi connectivity index (χ4v) is 3.33. The summed E-state index contributed by atoms with van der Waals surface area (Å²) in [5.41, 5.74) is 0.176. The minimum atomic E-state index is -0.935. The Balaban J connectivity index is 0. The molecule has 0 saturated carbocycles. The second-order valence-electron chi connectivity index (χ2n) is 8.45. The first-order valence-electron chi connectivity index (χ1n) is 12.4. The molecule has 0 aliphatic carbocycles. The maximum absolute atomic E-state index is 9.60. The SMILES string of the molecule is C=C(C)C(=O)O.CCCCCCCCCCCCCCCCCCCCCC. The highest BCUT2D eigenvalue weighted by Gasteiger charge is 1.95. The van der Waals surface area contributed by atoms with E-state index in [4.69, 9.17) is 5.11 Å². The first-order chi connectivity index (χ1) is 13.6. The Morgan fingerprint density at radius 3 is 0.786 bits per heavy atom. The van der Waals surface area contributed by atoms with Crippen LogP contribution in [0.4, 0.5) is 0 Å². The molecule has 0 aromatic carbocycles. The van der Waals surface area contributed by atoms with Crippen LogP contribution in [0.3, 0.4) is 0 Å². The number of hydrogen-bond donors (Lipinski definition) is 1. The molecule has 0 aliphatic heterocycles. The van der Waals surface area contributed by atoms with Gasteiger partial charge < -0.3 is 5.11 Å². The van der Waals surface area contributed by atoms with Crippen molar-refractivity contribution in [2.75, 3.05) is 0 Å². The van der Waals surface area contributed by atoms with Gasteiger partial charge in [-0.05, 0) is 6.92 Å². The molecule has 2 nitrogen and oxygen atoms in total. The fraction of sp³-hybridized carbons (Fsp3) is 0.885. The lowest BCUT2D eigenvalue weighted by Crippen LogP contribution is -1.92. The van der Waals surface area contributed by atoms with Gasteiger partial charge >= 0.3 is 5.97 Å². The molecule has 0 bridgehead atoms. The zero-order valence-electron chi connectivity index (χ0n) is 19.7. The third kappa shape index (κ3) is 30.0. The number of rotatable bonds is 20. The van der Waals surface area contributed by atoms with Gasteiger partial charge in [-0.15, -0.1) is 0 Å². The molecule has 0 fully saturated rings. The van der Waals surface area contributed by atoms with Crippen LogP contribution in [0.25, 0.3) is 0 Å². The molecule has 0 atom stereocenters. The normalized spacial score (nSPS) is 10.4. The average Bonchev–Trinajstić information content (AvgIpc) is 2.67. The summed E-state index contributed by atoms with van der Waals surface area (Å²) in [5.74, 6) is -0.935. The smallest absolute Gasteiger partial charge is 0.330 e. The van der Waals surface area contributed by atoms with Crippen molar-refractivity contribution in [2.45, 2.75) is 149 Å². The lowest BCUT2D eigenvalue weighted by Gasteiger charge is -2.03. The van der Waals surface area contributed by atoms with Crippen LogP contribution in [0, 0.1) is 0 Å². The molecule has 0 radical (unpaired) electrons. The van der Waals surface area contributed by atoms with Crippen LogP contribution in [0.5, 0.6) is 0 Å². The summed E-state index contributed by atoms with van der Waals surface area (Å²) >= 11 is 0. The lowest BCUT2D eigenvalue weighted by atomic mass is 10.0. The summed E-state index contributed by atoms with van der Waals surface area (Å²) in [6, 6.07) is 0. The minimum Gasteiger partial charge on any atom is -0.478 e. The molecular formula is C26H52O2. The van der Waals surface area contributed by atoms with Crippen molar-refractivity contribution in [1.82, 2.24) is 0 Å². The summed E-state index contributed by atoms with van der Waals surface area (Å²) in [4.78, 5) is 9.60. The Morgan fingerprint density at radius 1 is 0.536 bits per heavy atom. The highest BCUT2D eigenvalue weighted by atomic mass is 16.4. The Labute approximate surface area is 177 Å². The summed E-state index contributed by atoms with van der Waals surface area (Å²) in [6.07, 6.45) is 29.4. The van der Waals surface area contributed by atoms with Gasteiger partial charge in [-0.1, -0.05) is 149 Å². The molecule has 0 heterocycles. The largest absolute Gasteiger partial charge is 0.478 e. The second-order valence-corrected chi connectivity index (χ2v) is 8.45. The van der Waals surface area contributed by atoms with E-state index in [2.05, 4.69) is 20.4 Å². The zero-order chi connectivity index (χ0) is 21.3. The van der Waals surface area contributed by atoms with Crippen LogP contribution in [0.1, 0.15) is 149 Å². The summed E-state index contributed by atoms with van der Waals surface area (Å²) in [5, 5.41) is 7.89. The van der Waals surface area contributed by atoms with Crippen molar-refractivity contribution in [2.24, 2.45) is 0 Å². The molecule has 0 unspecified atom stereocenters.